The third-order valence-electron chi connectivity index (χ3n) is 7.34. The van der Waals surface area contributed by atoms with Crippen LogP contribution in [0.4, 0.5) is 0 Å². The van der Waals surface area contributed by atoms with Crippen molar-refractivity contribution < 1.29 is 5.11 Å². The average Bonchev–Trinajstić information content (AvgIpc) is 2.79. The molecule has 0 bridgehead atoms. The Hall–Kier alpha value is -0.0800. The van der Waals surface area contributed by atoms with E-state index in [-0.39, 0.29) is 5.41 Å². The first-order chi connectivity index (χ1) is 10.1. The summed E-state index contributed by atoms with van der Waals surface area (Å²) in [5.74, 6) is 1.47. The van der Waals surface area contributed by atoms with Gasteiger partial charge in [-0.2, -0.15) is 0 Å². The molecule has 1 nitrogen and oxygen atoms in total. The predicted octanol–water partition coefficient (Wildman–Crippen LogP) is 5.14. The second-order valence-electron chi connectivity index (χ2n) is 8.00. The summed E-state index contributed by atoms with van der Waals surface area (Å²) in [5.41, 5.74) is 4.88. The van der Waals surface area contributed by atoms with Crippen molar-refractivity contribution in [2.24, 2.45) is 17.3 Å². The smallest absolute Gasteiger partial charge is 0.0800 e. The van der Waals surface area contributed by atoms with Gasteiger partial charge < -0.3 is 5.11 Å². The largest absolute Gasteiger partial charge is 0.388 e. The maximum atomic E-state index is 11.1. The molecule has 0 aliphatic heterocycles. The van der Waals surface area contributed by atoms with E-state index in [1.807, 2.05) is 0 Å². The van der Waals surface area contributed by atoms with Crippen LogP contribution in [-0.4, -0.2) is 16.0 Å². The molecule has 0 spiro atoms. The van der Waals surface area contributed by atoms with E-state index >= 15 is 0 Å². The van der Waals surface area contributed by atoms with Crippen molar-refractivity contribution in [1.82, 2.24) is 0 Å². The summed E-state index contributed by atoms with van der Waals surface area (Å²) in [4.78, 5) is 0. The summed E-state index contributed by atoms with van der Waals surface area (Å²) in [6, 6.07) is 0. The lowest BCUT2D eigenvalue weighted by atomic mass is 9.55. The fourth-order valence-electron chi connectivity index (χ4n) is 5.97. The van der Waals surface area contributed by atoms with Crippen LogP contribution in [0.15, 0.2) is 22.8 Å². The van der Waals surface area contributed by atoms with Crippen molar-refractivity contribution >= 4 is 15.9 Å². The zero-order valence-corrected chi connectivity index (χ0v) is 14.7. The molecular weight excluding hydrogens is 324 g/mol. The van der Waals surface area contributed by atoms with Crippen molar-refractivity contribution in [2.45, 2.75) is 70.3 Å². The van der Waals surface area contributed by atoms with Gasteiger partial charge in [-0.3, -0.25) is 0 Å². The van der Waals surface area contributed by atoms with Gasteiger partial charge in [-0.15, -0.1) is 0 Å². The number of alkyl halides is 1. The molecule has 0 heterocycles. The number of rotatable bonds is 1. The normalized spacial score (nSPS) is 45.8. The van der Waals surface area contributed by atoms with Gasteiger partial charge in [0.05, 0.1) is 5.60 Å². The summed E-state index contributed by atoms with van der Waals surface area (Å²) in [6.07, 6.45) is 13.7. The van der Waals surface area contributed by atoms with E-state index in [1.54, 1.807) is 16.7 Å². The number of fused-ring (bicyclic) bond motifs is 4. The van der Waals surface area contributed by atoms with Crippen LogP contribution in [0, 0.1) is 17.3 Å². The molecule has 0 unspecified atom stereocenters. The molecule has 0 aromatic heterocycles. The van der Waals surface area contributed by atoms with Gasteiger partial charge in [0, 0.05) is 10.7 Å². The average molecular weight is 351 g/mol. The Morgan fingerprint density at radius 1 is 1.24 bits per heavy atom. The summed E-state index contributed by atoms with van der Waals surface area (Å²) in [5, 5.41) is 11.8. The topological polar surface area (TPSA) is 20.2 Å². The standard InChI is InChI=1S/C19H27BrO/c1-18-10-8-15-14-5-3-2-4-13(14)6-7-16(15)17(18)9-11-19(18,21)12-20/h4,16-17,21H,2-3,5-12H2,1H3/t16-,17+,18+,19-/m1/s1. The van der Waals surface area contributed by atoms with Gasteiger partial charge in [0.25, 0.3) is 0 Å². The van der Waals surface area contributed by atoms with Gasteiger partial charge in [0.2, 0.25) is 0 Å². The van der Waals surface area contributed by atoms with Gasteiger partial charge in [-0.25, -0.2) is 0 Å². The highest BCUT2D eigenvalue weighted by Crippen LogP contribution is 2.63. The van der Waals surface area contributed by atoms with E-state index in [2.05, 4.69) is 28.9 Å². The molecule has 0 amide bonds. The van der Waals surface area contributed by atoms with Crippen LogP contribution in [0.2, 0.25) is 0 Å². The molecule has 0 aromatic carbocycles. The third kappa shape index (κ3) is 1.91. The van der Waals surface area contributed by atoms with Gasteiger partial charge in [-0.1, -0.05) is 34.5 Å². The van der Waals surface area contributed by atoms with Crippen molar-refractivity contribution in [2.75, 3.05) is 5.33 Å². The molecule has 4 rings (SSSR count). The molecule has 2 heteroatoms. The Bertz CT molecular complexity index is 520. The number of hydrogen-bond donors (Lipinski definition) is 1. The first kappa shape index (κ1) is 14.5. The number of allylic oxidation sites excluding steroid dienone is 4. The maximum Gasteiger partial charge on any atom is 0.0800 e. The van der Waals surface area contributed by atoms with E-state index < -0.39 is 5.60 Å². The molecule has 21 heavy (non-hydrogen) atoms. The maximum absolute atomic E-state index is 11.1. The Morgan fingerprint density at radius 2 is 2.10 bits per heavy atom. The fourth-order valence-corrected chi connectivity index (χ4v) is 6.89. The molecule has 0 saturated heterocycles. The Kier molecular flexibility index (Phi) is 3.43. The molecule has 2 saturated carbocycles. The van der Waals surface area contributed by atoms with E-state index in [4.69, 9.17) is 0 Å². The second kappa shape index (κ2) is 4.96. The van der Waals surface area contributed by atoms with Crippen molar-refractivity contribution in [3.05, 3.63) is 22.8 Å². The monoisotopic (exact) mass is 350 g/mol. The fraction of sp³-hybridized carbons (Fsp3) is 0.789. The lowest BCUT2D eigenvalue weighted by molar-refractivity contribution is -0.0709. The van der Waals surface area contributed by atoms with Crippen molar-refractivity contribution in [1.29, 1.82) is 0 Å². The van der Waals surface area contributed by atoms with Crippen LogP contribution in [0.25, 0.3) is 0 Å². The lowest BCUT2D eigenvalue weighted by Gasteiger charge is -2.51. The van der Waals surface area contributed by atoms with Crippen LogP contribution in [0.3, 0.4) is 0 Å². The van der Waals surface area contributed by atoms with Crippen LogP contribution < -0.4 is 0 Å². The molecule has 4 aliphatic rings. The molecule has 116 valence electrons. The van der Waals surface area contributed by atoms with Gasteiger partial charge in [-0.05, 0) is 80.8 Å². The van der Waals surface area contributed by atoms with E-state index in [1.165, 1.54) is 51.4 Å². The Labute approximate surface area is 137 Å². The van der Waals surface area contributed by atoms with Crippen LogP contribution in [0.1, 0.15) is 64.7 Å². The molecule has 0 aromatic rings. The van der Waals surface area contributed by atoms with E-state index in [0.29, 0.717) is 5.92 Å². The highest BCUT2D eigenvalue weighted by atomic mass is 79.9. The minimum absolute atomic E-state index is 0.126. The highest BCUT2D eigenvalue weighted by molar-refractivity contribution is 9.09. The molecule has 2 fully saturated rings. The van der Waals surface area contributed by atoms with Crippen LogP contribution in [-0.2, 0) is 0 Å². The van der Waals surface area contributed by atoms with Gasteiger partial charge in [0.1, 0.15) is 0 Å². The lowest BCUT2D eigenvalue weighted by Crippen LogP contribution is -2.50. The van der Waals surface area contributed by atoms with Crippen molar-refractivity contribution in [3.63, 3.8) is 0 Å². The number of aliphatic hydroxyl groups is 1. The minimum atomic E-state index is -0.476. The summed E-state index contributed by atoms with van der Waals surface area (Å²) in [7, 11) is 0. The first-order valence-corrected chi connectivity index (χ1v) is 9.91. The second-order valence-corrected chi connectivity index (χ2v) is 8.56. The quantitative estimate of drug-likeness (QED) is 0.649. The molecule has 0 radical (unpaired) electrons. The summed E-state index contributed by atoms with van der Waals surface area (Å²) >= 11 is 3.60. The number of hydrogen-bond acceptors (Lipinski definition) is 1. The SMILES string of the molecule is C[C@]12CCC3=C4CCCC=C4CC[C@H]3[C@@H]1CC[C@@]2(O)CBr. The van der Waals surface area contributed by atoms with Crippen LogP contribution in [0.5, 0.6) is 0 Å². The highest BCUT2D eigenvalue weighted by Gasteiger charge is 2.60. The van der Waals surface area contributed by atoms with E-state index in [9.17, 15) is 5.11 Å². The predicted molar refractivity (Wildman–Crippen MR) is 90.5 cm³/mol. The van der Waals surface area contributed by atoms with Gasteiger partial charge in [0.15, 0.2) is 0 Å². The molecule has 1 N–H and O–H groups in total. The van der Waals surface area contributed by atoms with E-state index in [0.717, 1.165) is 17.7 Å². The van der Waals surface area contributed by atoms with Crippen LogP contribution >= 0.6 is 15.9 Å². The van der Waals surface area contributed by atoms with Crippen molar-refractivity contribution in [3.8, 4) is 0 Å². The molecular formula is C19H27BrO. The Balaban J connectivity index is 1.73. The molecule has 4 atom stereocenters. The Morgan fingerprint density at radius 3 is 2.90 bits per heavy atom. The molecule has 4 aliphatic carbocycles. The minimum Gasteiger partial charge on any atom is -0.388 e. The zero-order chi connectivity index (χ0) is 14.7. The zero-order valence-electron chi connectivity index (χ0n) is 13.1. The third-order valence-corrected chi connectivity index (χ3v) is 8.27. The first-order valence-electron chi connectivity index (χ1n) is 8.79. The summed E-state index contributed by atoms with van der Waals surface area (Å²) < 4.78 is 0. The summed E-state index contributed by atoms with van der Waals surface area (Å²) in [6.45, 7) is 2.37. The number of halogens is 1. The van der Waals surface area contributed by atoms with Gasteiger partial charge >= 0.3 is 0 Å².